The van der Waals surface area contributed by atoms with Crippen LogP contribution in [0.15, 0.2) is 36.4 Å². The molecule has 0 bridgehead atoms. The number of nitro benzene ring substituents is 1. The fourth-order valence-corrected chi connectivity index (χ4v) is 3.04. The van der Waals surface area contributed by atoms with Gasteiger partial charge in [-0.2, -0.15) is 0 Å². The molecule has 0 radical (unpaired) electrons. The highest BCUT2D eigenvalue weighted by atomic mass is 35.5. The first-order valence-electron chi connectivity index (χ1n) is 8.52. The van der Waals surface area contributed by atoms with Gasteiger partial charge in [0, 0.05) is 28.8 Å². The smallest absolute Gasteiger partial charge is 0.273 e. The van der Waals surface area contributed by atoms with Crippen molar-refractivity contribution >= 4 is 46.4 Å². The summed E-state index contributed by atoms with van der Waals surface area (Å²) in [6.07, 6.45) is 0.616. The second-order valence-electron chi connectivity index (χ2n) is 6.11. The Bertz CT molecular complexity index is 918. The molecule has 0 aliphatic rings. The van der Waals surface area contributed by atoms with Crippen LogP contribution < -0.4 is 5.32 Å². The van der Waals surface area contributed by atoms with Crippen LogP contribution in [0.3, 0.4) is 0 Å². The quantitative estimate of drug-likeness (QED) is 0.515. The lowest BCUT2D eigenvalue weighted by Crippen LogP contribution is -2.39. The third-order valence-corrected chi connectivity index (χ3v) is 4.61. The predicted octanol–water partition coefficient (Wildman–Crippen LogP) is 4.70. The normalized spacial score (nSPS) is 10.4. The van der Waals surface area contributed by atoms with Crippen molar-refractivity contribution in [3.63, 3.8) is 0 Å². The van der Waals surface area contributed by atoms with E-state index in [0.29, 0.717) is 28.7 Å². The number of carbonyl (C=O) groups excluding carboxylic acids is 2. The second kappa shape index (κ2) is 9.52. The minimum Gasteiger partial charge on any atom is -0.329 e. The zero-order valence-corrected chi connectivity index (χ0v) is 16.9. The average Bonchev–Trinajstić information content (AvgIpc) is 2.63. The minimum absolute atomic E-state index is 0.141. The van der Waals surface area contributed by atoms with Crippen LogP contribution in [0, 0.1) is 17.0 Å². The van der Waals surface area contributed by atoms with Crippen molar-refractivity contribution in [2.24, 2.45) is 0 Å². The summed E-state index contributed by atoms with van der Waals surface area (Å²) in [5.74, 6) is -0.899. The van der Waals surface area contributed by atoms with E-state index in [0.717, 1.165) is 0 Å². The molecule has 0 aliphatic heterocycles. The van der Waals surface area contributed by atoms with E-state index in [1.54, 1.807) is 12.1 Å². The molecule has 7 nitrogen and oxygen atoms in total. The number of nitro groups is 1. The fourth-order valence-electron chi connectivity index (χ4n) is 2.70. The first-order chi connectivity index (χ1) is 13.2. The number of amides is 2. The number of anilines is 1. The number of halogens is 2. The summed E-state index contributed by atoms with van der Waals surface area (Å²) in [5, 5.41) is 14.5. The van der Waals surface area contributed by atoms with Gasteiger partial charge in [-0.25, -0.2) is 0 Å². The number of nitrogens with zero attached hydrogens (tertiary/aromatic N) is 2. The Morgan fingerprint density at radius 2 is 1.93 bits per heavy atom. The highest BCUT2D eigenvalue weighted by Crippen LogP contribution is 2.26. The number of hydrogen-bond acceptors (Lipinski definition) is 4. The van der Waals surface area contributed by atoms with E-state index in [9.17, 15) is 19.7 Å². The van der Waals surface area contributed by atoms with Crippen molar-refractivity contribution in [1.82, 2.24) is 4.90 Å². The Labute approximate surface area is 172 Å². The highest BCUT2D eigenvalue weighted by Gasteiger charge is 2.23. The summed E-state index contributed by atoms with van der Waals surface area (Å²) in [4.78, 5) is 37.3. The van der Waals surface area contributed by atoms with Crippen molar-refractivity contribution in [2.45, 2.75) is 20.3 Å². The van der Waals surface area contributed by atoms with Crippen LogP contribution >= 0.6 is 23.2 Å². The van der Waals surface area contributed by atoms with Crippen molar-refractivity contribution < 1.29 is 14.5 Å². The molecule has 0 fully saturated rings. The van der Waals surface area contributed by atoms with Gasteiger partial charge >= 0.3 is 0 Å². The molecular weight excluding hydrogens is 405 g/mol. The lowest BCUT2D eigenvalue weighted by atomic mass is 10.1. The first-order valence-corrected chi connectivity index (χ1v) is 9.28. The summed E-state index contributed by atoms with van der Waals surface area (Å²) in [7, 11) is 0. The van der Waals surface area contributed by atoms with Crippen LogP contribution in [0.25, 0.3) is 0 Å². The molecule has 1 N–H and O–H groups in total. The van der Waals surface area contributed by atoms with Crippen LogP contribution in [0.2, 0.25) is 10.0 Å². The highest BCUT2D eigenvalue weighted by molar-refractivity contribution is 6.35. The van der Waals surface area contributed by atoms with Gasteiger partial charge in [0.25, 0.3) is 11.6 Å². The van der Waals surface area contributed by atoms with Gasteiger partial charge in [-0.3, -0.25) is 19.7 Å². The summed E-state index contributed by atoms with van der Waals surface area (Å²) >= 11 is 12.0. The molecular formula is C19H19Cl2N3O4. The lowest BCUT2D eigenvalue weighted by molar-refractivity contribution is -0.385. The Kier molecular flexibility index (Phi) is 7.37. The average molecular weight is 424 g/mol. The molecule has 0 aliphatic carbocycles. The molecule has 0 unspecified atom stereocenters. The molecule has 0 spiro atoms. The number of carbonyl (C=O) groups is 2. The maximum absolute atomic E-state index is 12.9. The minimum atomic E-state index is -0.538. The van der Waals surface area contributed by atoms with Crippen LogP contribution in [-0.4, -0.2) is 34.7 Å². The van der Waals surface area contributed by atoms with Crippen molar-refractivity contribution in [3.8, 4) is 0 Å². The Hall–Kier alpha value is -2.64. The van der Waals surface area contributed by atoms with Gasteiger partial charge in [0.1, 0.15) is 6.54 Å². The molecule has 2 aromatic carbocycles. The standard InChI is InChI=1S/C19H19Cl2N3O4/c1-3-9-23(11-18(25)22-16-10-13(20)7-8-15(16)21)19(26)14-5-4-6-17(12(14)2)24(27)28/h4-8,10H,3,9,11H2,1-2H3,(H,22,25). The largest absolute Gasteiger partial charge is 0.329 e. The van der Waals surface area contributed by atoms with Gasteiger partial charge in [0.15, 0.2) is 0 Å². The predicted molar refractivity (Wildman–Crippen MR) is 109 cm³/mol. The van der Waals surface area contributed by atoms with Gasteiger partial charge < -0.3 is 10.2 Å². The molecule has 0 saturated carbocycles. The van der Waals surface area contributed by atoms with E-state index in [4.69, 9.17) is 23.2 Å². The zero-order chi connectivity index (χ0) is 20.8. The van der Waals surface area contributed by atoms with E-state index >= 15 is 0 Å². The number of hydrogen-bond donors (Lipinski definition) is 1. The van der Waals surface area contributed by atoms with E-state index in [2.05, 4.69) is 5.32 Å². The summed E-state index contributed by atoms with van der Waals surface area (Å²) in [6, 6.07) is 8.97. The fraction of sp³-hybridized carbons (Fsp3) is 0.263. The third-order valence-electron chi connectivity index (χ3n) is 4.05. The maximum atomic E-state index is 12.9. The third kappa shape index (κ3) is 5.21. The van der Waals surface area contributed by atoms with Gasteiger partial charge in [-0.1, -0.05) is 36.2 Å². The summed E-state index contributed by atoms with van der Waals surface area (Å²) < 4.78 is 0. The second-order valence-corrected chi connectivity index (χ2v) is 6.95. The maximum Gasteiger partial charge on any atom is 0.273 e. The molecule has 148 valence electrons. The van der Waals surface area contributed by atoms with Crippen molar-refractivity contribution in [1.29, 1.82) is 0 Å². The zero-order valence-electron chi connectivity index (χ0n) is 15.4. The first kappa shape index (κ1) is 21.7. The van der Waals surface area contributed by atoms with Gasteiger partial charge in [0.2, 0.25) is 5.91 Å². The van der Waals surface area contributed by atoms with Crippen LogP contribution in [0.4, 0.5) is 11.4 Å². The lowest BCUT2D eigenvalue weighted by Gasteiger charge is -2.22. The summed E-state index contributed by atoms with van der Waals surface area (Å²) in [5.41, 5.74) is 0.653. The van der Waals surface area contributed by atoms with Crippen LogP contribution in [0.1, 0.15) is 29.3 Å². The Morgan fingerprint density at radius 1 is 1.21 bits per heavy atom. The Morgan fingerprint density at radius 3 is 2.57 bits per heavy atom. The van der Waals surface area contributed by atoms with Crippen molar-refractivity contribution in [2.75, 3.05) is 18.4 Å². The molecule has 0 heterocycles. The van der Waals surface area contributed by atoms with Crippen LogP contribution in [-0.2, 0) is 4.79 Å². The van der Waals surface area contributed by atoms with Gasteiger partial charge in [-0.15, -0.1) is 0 Å². The van der Waals surface area contributed by atoms with E-state index < -0.39 is 16.7 Å². The SMILES string of the molecule is CCCN(CC(=O)Nc1cc(Cl)ccc1Cl)C(=O)c1cccc([N+](=O)[O-])c1C. The molecule has 2 amide bonds. The number of nitrogens with one attached hydrogen (secondary N) is 1. The topological polar surface area (TPSA) is 92.6 Å². The summed E-state index contributed by atoms with van der Waals surface area (Å²) in [6.45, 7) is 3.48. The molecule has 0 aromatic heterocycles. The van der Waals surface area contributed by atoms with E-state index in [1.165, 1.54) is 36.1 Å². The van der Waals surface area contributed by atoms with E-state index in [-0.39, 0.29) is 23.4 Å². The van der Waals surface area contributed by atoms with Gasteiger partial charge in [-0.05, 0) is 37.6 Å². The molecule has 9 heteroatoms. The molecule has 0 atom stereocenters. The monoisotopic (exact) mass is 423 g/mol. The van der Waals surface area contributed by atoms with Crippen molar-refractivity contribution in [3.05, 3.63) is 67.7 Å². The molecule has 2 aromatic rings. The number of rotatable bonds is 7. The molecule has 0 saturated heterocycles. The van der Waals surface area contributed by atoms with Gasteiger partial charge in [0.05, 0.1) is 15.6 Å². The van der Waals surface area contributed by atoms with E-state index in [1.807, 2.05) is 6.92 Å². The number of benzene rings is 2. The molecule has 28 heavy (non-hydrogen) atoms. The van der Waals surface area contributed by atoms with Crippen LogP contribution in [0.5, 0.6) is 0 Å². The Balaban J connectivity index is 2.22. The molecule has 2 rings (SSSR count).